The van der Waals surface area contributed by atoms with E-state index in [9.17, 15) is 4.79 Å². The second kappa shape index (κ2) is 10.4. The van der Waals surface area contributed by atoms with Crippen LogP contribution in [0.2, 0.25) is 0 Å². The van der Waals surface area contributed by atoms with Crippen LogP contribution in [0.1, 0.15) is 61.5 Å². The monoisotopic (exact) mass is 278 g/mol. The first-order valence-corrected chi connectivity index (χ1v) is 7.52. The van der Waals surface area contributed by atoms with Crippen molar-refractivity contribution in [2.45, 2.75) is 52.0 Å². The standard InChI is InChI=1S/C16H26N2O2/c1-3-4-5-6-7-8-11-17-13-15-10-9-14(12-18-15)16(19)20-2/h9-10,12,17H,3-8,11,13H2,1-2H3. The van der Waals surface area contributed by atoms with Crippen molar-refractivity contribution < 1.29 is 9.53 Å². The fraction of sp³-hybridized carbons (Fsp3) is 0.625. The molecule has 0 radical (unpaired) electrons. The molecular weight excluding hydrogens is 252 g/mol. The van der Waals surface area contributed by atoms with Gasteiger partial charge in [0.1, 0.15) is 0 Å². The SMILES string of the molecule is CCCCCCCCNCc1ccc(C(=O)OC)cn1. The molecule has 112 valence electrons. The Balaban J connectivity index is 2.11. The van der Waals surface area contributed by atoms with Gasteiger partial charge in [-0.3, -0.25) is 4.98 Å². The number of nitrogens with one attached hydrogen (secondary N) is 1. The van der Waals surface area contributed by atoms with Gasteiger partial charge in [0.25, 0.3) is 0 Å². The largest absolute Gasteiger partial charge is 0.465 e. The lowest BCUT2D eigenvalue weighted by atomic mass is 10.1. The highest BCUT2D eigenvalue weighted by molar-refractivity contribution is 5.88. The molecule has 0 saturated carbocycles. The fourth-order valence-electron chi connectivity index (χ4n) is 2.01. The molecule has 0 aliphatic carbocycles. The Morgan fingerprint density at radius 3 is 2.60 bits per heavy atom. The van der Waals surface area contributed by atoms with Crippen molar-refractivity contribution in [1.82, 2.24) is 10.3 Å². The number of carbonyl (C=O) groups excluding carboxylic acids is 1. The molecule has 0 aromatic carbocycles. The Morgan fingerprint density at radius 1 is 1.20 bits per heavy atom. The zero-order valence-corrected chi connectivity index (χ0v) is 12.7. The predicted molar refractivity (Wildman–Crippen MR) is 80.7 cm³/mol. The maximum atomic E-state index is 11.3. The number of methoxy groups -OCH3 is 1. The van der Waals surface area contributed by atoms with Crippen molar-refractivity contribution in [2.75, 3.05) is 13.7 Å². The van der Waals surface area contributed by atoms with E-state index in [1.165, 1.54) is 45.6 Å². The molecule has 0 atom stereocenters. The number of hydrogen-bond acceptors (Lipinski definition) is 4. The summed E-state index contributed by atoms with van der Waals surface area (Å²) in [6, 6.07) is 3.61. The van der Waals surface area contributed by atoms with Gasteiger partial charge in [-0.05, 0) is 25.1 Å². The first-order chi connectivity index (χ1) is 9.77. The maximum Gasteiger partial charge on any atom is 0.339 e. The number of pyridine rings is 1. The Hall–Kier alpha value is -1.42. The molecule has 20 heavy (non-hydrogen) atoms. The zero-order chi connectivity index (χ0) is 14.6. The number of ether oxygens (including phenoxy) is 1. The summed E-state index contributed by atoms with van der Waals surface area (Å²) in [5, 5.41) is 3.38. The Morgan fingerprint density at radius 2 is 1.95 bits per heavy atom. The molecule has 1 aromatic heterocycles. The lowest BCUT2D eigenvalue weighted by Gasteiger charge is -2.05. The predicted octanol–water partition coefficient (Wildman–Crippen LogP) is 3.32. The van der Waals surface area contributed by atoms with E-state index in [0.717, 1.165) is 18.8 Å². The van der Waals surface area contributed by atoms with Gasteiger partial charge in [0.2, 0.25) is 0 Å². The highest BCUT2D eigenvalue weighted by Gasteiger charge is 2.04. The molecule has 1 aromatic rings. The van der Waals surface area contributed by atoms with Crippen LogP contribution in [-0.4, -0.2) is 24.6 Å². The highest BCUT2D eigenvalue weighted by atomic mass is 16.5. The lowest BCUT2D eigenvalue weighted by molar-refractivity contribution is 0.0600. The summed E-state index contributed by atoms with van der Waals surface area (Å²) >= 11 is 0. The Kier molecular flexibility index (Phi) is 8.63. The summed E-state index contributed by atoms with van der Waals surface area (Å²) in [6.45, 7) is 4.00. The average Bonchev–Trinajstić information content (AvgIpc) is 2.50. The molecule has 0 fully saturated rings. The topological polar surface area (TPSA) is 51.2 Å². The van der Waals surface area contributed by atoms with Crippen molar-refractivity contribution in [3.8, 4) is 0 Å². The number of aromatic nitrogens is 1. The van der Waals surface area contributed by atoms with E-state index in [0.29, 0.717) is 5.56 Å². The Labute approximate surface area is 121 Å². The normalized spacial score (nSPS) is 10.5. The third kappa shape index (κ3) is 6.66. The minimum Gasteiger partial charge on any atom is -0.465 e. The van der Waals surface area contributed by atoms with E-state index < -0.39 is 0 Å². The smallest absolute Gasteiger partial charge is 0.339 e. The van der Waals surface area contributed by atoms with Gasteiger partial charge < -0.3 is 10.1 Å². The first kappa shape index (κ1) is 16.6. The lowest BCUT2D eigenvalue weighted by Crippen LogP contribution is -2.15. The number of rotatable bonds is 10. The van der Waals surface area contributed by atoms with E-state index in [1.807, 2.05) is 6.07 Å². The van der Waals surface area contributed by atoms with Gasteiger partial charge in [0, 0.05) is 12.7 Å². The molecule has 0 saturated heterocycles. The van der Waals surface area contributed by atoms with E-state index in [2.05, 4.69) is 22.0 Å². The Bertz CT molecular complexity index is 377. The number of hydrogen-bond donors (Lipinski definition) is 1. The van der Waals surface area contributed by atoms with Gasteiger partial charge in [-0.2, -0.15) is 0 Å². The van der Waals surface area contributed by atoms with E-state index >= 15 is 0 Å². The maximum absolute atomic E-state index is 11.3. The molecule has 1 N–H and O–H groups in total. The minimum absolute atomic E-state index is 0.343. The summed E-state index contributed by atoms with van der Waals surface area (Å²) in [5.74, 6) is -0.343. The van der Waals surface area contributed by atoms with Crippen LogP contribution in [-0.2, 0) is 11.3 Å². The van der Waals surface area contributed by atoms with E-state index in [1.54, 1.807) is 12.3 Å². The molecule has 4 nitrogen and oxygen atoms in total. The van der Waals surface area contributed by atoms with Crippen LogP contribution in [0.15, 0.2) is 18.3 Å². The summed E-state index contributed by atoms with van der Waals surface area (Å²) in [5.41, 5.74) is 1.44. The molecule has 4 heteroatoms. The molecule has 1 rings (SSSR count). The van der Waals surface area contributed by atoms with Crippen molar-refractivity contribution >= 4 is 5.97 Å². The number of carbonyl (C=O) groups is 1. The van der Waals surface area contributed by atoms with Gasteiger partial charge in [0.05, 0.1) is 18.4 Å². The van der Waals surface area contributed by atoms with Gasteiger partial charge >= 0.3 is 5.97 Å². The molecule has 0 amide bonds. The molecule has 0 bridgehead atoms. The molecule has 0 aliphatic heterocycles. The fourth-order valence-corrected chi connectivity index (χ4v) is 2.01. The number of nitrogens with zero attached hydrogens (tertiary/aromatic N) is 1. The van der Waals surface area contributed by atoms with Crippen LogP contribution in [0.4, 0.5) is 0 Å². The molecule has 0 unspecified atom stereocenters. The molecule has 0 aliphatic rings. The highest BCUT2D eigenvalue weighted by Crippen LogP contribution is 2.05. The van der Waals surface area contributed by atoms with Crippen LogP contribution in [0.3, 0.4) is 0 Å². The van der Waals surface area contributed by atoms with Crippen LogP contribution in [0, 0.1) is 0 Å². The van der Waals surface area contributed by atoms with Gasteiger partial charge in [-0.15, -0.1) is 0 Å². The number of unbranched alkanes of at least 4 members (excludes halogenated alkanes) is 5. The molecular formula is C16H26N2O2. The van der Waals surface area contributed by atoms with Gasteiger partial charge in [0.15, 0.2) is 0 Å². The second-order valence-electron chi connectivity index (χ2n) is 4.97. The van der Waals surface area contributed by atoms with Crippen LogP contribution >= 0.6 is 0 Å². The summed E-state index contributed by atoms with van der Waals surface area (Å²) in [7, 11) is 1.37. The summed E-state index contributed by atoms with van der Waals surface area (Å²) in [4.78, 5) is 15.5. The average molecular weight is 278 g/mol. The summed E-state index contributed by atoms with van der Waals surface area (Å²) in [6.07, 6.45) is 9.41. The van der Waals surface area contributed by atoms with Gasteiger partial charge in [-0.25, -0.2) is 4.79 Å². The molecule has 1 heterocycles. The number of esters is 1. The first-order valence-electron chi connectivity index (χ1n) is 7.52. The van der Waals surface area contributed by atoms with Gasteiger partial charge in [-0.1, -0.05) is 39.0 Å². The van der Waals surface area contributed by atoms with E-state index in [4.69, 9.17) is 0 Å². The van der Waals surface area contributed by atoms with Crippen molar-refractivity contribution in [2.24, 2.45) is 0 Å². The van der Waals surface area contributed by atoms with Crippen LogP contribution in [0.25, 0.3) is 0 Å². The van der Waals surface area contributed by atoms with E-state index in [-0.39, 0.29) is 5.97 Å². The van der Waals surface area contributed by atoms with Crippen molar-refractivity contribution in [3.63, 3.8) is 0 Å². The van der Waals surface area contributed by atoms with Crippen LogP contribution in [0.5, 0.6) is 0 Å². The second-order valence-corrected chi connectivity index (χ2v) is 4.97. The minimum atomic E-state index is -0.343. The third-order valence-corrected chi connectivity index (χ3v) is 3.26. The summed E-state index contributed by atoms with van der Waals surface area (Å²) < 4.78 is 4.63. The quantitative estimate of drug-likeness (QED) is 0.527. The zero-order valence-electron chi connectivity index (χ0n) is 12.7. The van der Waals surface area contributed by atoms with Crippen LogP contribution < -0.4 is 5.32 Å². The van der Waals surface area contributed by atoms with Crippen molar-refractivity contribution in [1.29, 1.82) is 0 Å². The van der Waals surface area contributed by atoms with Crippen molar-refractivity contribution in [3.05, 3.63) is 29.6 Å². The third-order valence-electron chi connectivity index (χ3n) is 3.26. The molecule has 0 spiro atoms.